The van der Waals surface area contributed by atoms with Gasteiger partial charge < -0.3 is 10.1 Å². The van der Waals surface area contributed by atoms with Crippen LogP contribution in [-0.2, 0) is 4.74 Å². The average molecular weight is 298 g/mol. The Morgan fingerprint density at radius 1 is 1.29 bits per heavy atom. The maximum absolute atomic E-state index is 6.01. The number of hydrogen-bond acceptors (Lipinski definition) is 2. The minimum Gasteiger partial charge on any atom is -0.370 e. The topological polar surface area (TPSA) is 21.3 Å². The Morgan fingerprint density at radius 3 is 2.47 bits per heavy atom. The zero-order chi connectivity index (χ0) is 12.4. The number of hydrogen-bond donors (Lipinski definition) is 1. The highest BCUT2D eigenvalue weighted by molar-refractivity contribution is 9.10. The summed E-state index contributed by atoms with van der Waals surface area (Å²) in [5, 5.41) is 3.64. The Hall–Kier alpha value is -0.380. The van der Waals surface area contributed by atoms with Crippen molar-refractivity contribution in [3.8, 4) is 0 Å². The fourth-order valence-electron chi connectivity index (χ4n) is 2.25. The van der Waals surface area contributed by atoms with Gasteiger partial charge in [0.05, 0.1) is 12.7 Å². The van der Waals surface area contributed by atoms with E-state index >= 15 is 0 Å². The third-order valence-corrected chi connectivity index (χ3v) is 3.92. The molecule has 0 amide bonds. The zero-order valence-electron chi connectivity index (χ0n) is 10.6. The SMILES string of the molecule is CC(C)C1COC(c2ccc(Br)cc2)C(C)N1. The van der Waals surface area contributed by atoms with Crippen LogP contribution in [0.25, 0.3) is 0 Å². The van der Waals surface area contributed by atoms with Crippen LogP contribution in [0.1, 0.15) is 32.4 Å². The van der Waals surface area contributed by atoms with E-state index in [0.717, 1.165) is 11.1 Å². The van der Waals surface area contributed by atoms with Crippen LogP contribution in [-0.4, -0.2) is 18.7 Å². The molecule has 3 atom stereocenters. The van der Waals surface area contributed by atoms with Gasteiger partial charge in [-0.3, -0.25) is 0 Å². The van der Waals surface area contributed by atoms with Crippen molar-refractivity contribution in [1.29, 1.82) is 0 Å². The molecule has 0 aliphatic carbocycles. The van der Waals surface area contributed by atoms with Gasteiger partial charge in [0.1, 0.15) is 0 Å². The fourth-order valence-corrected chi connectivity index (χ4v) is 2.51. The molecule has 1 fully saturated rings. The highest BCUT2D eigenvalue weighted by atomic mass is 79.9. The maximum Gasteiger partial charge on any atom is 0.0975 e. The van der Waals surface area contributed by atoms with Crippen molar-refractivity contribution in [3.63, 3.8) is 0 Å². The summed E-state index contributed by atoms with van der Waals surface area (Å²) in [6.07, 6.45) is 0.165. The molecule has 1 heterocycles. The van der Waals surface area contributed by atoms with Crippen LogP contribution in [0.2, 0.25) is 0 Å². The standard InChI is InChI=1S/C14H20BrNO/c1-9(2)13-8-17-14(10(3)16-13)11-4-6-12(15)7-5-11/h4-7,9-10,13-14,16H,8H2,1-3H3. The smallest absolute Gasteiger partial charge is 0.0975 e. The van der Waals surface area contributed by atoms with Crippen molar-refractivity contribution in [2.75, 3.05) is 6.61 Å². The van der Waals surface area contributed by atoms with E-state index in [-0.39, 0.29) is 6.10 Å². The van der Waals surface area contributed by atoms with Crippen molar-refractivity contribution in [2.24, 2.45) is 5.92 Å². The molecule has 94 valence electrons. The summed E-state index contributed by atoms with van der Waals surface area (Å²) in [6.45, 7) is 7.45. The van der Waals surface area contributed by atoms with E-state index in [1.54, 1.807) is 0 Å². The van der Waals surface area contributed by atoms with E-state index in [9.17, 15) is 0 Å². The summed E-state index contributed by atoms with van der Waals surface area (Å²) in [6, 6.07) is 9.22. The molecule has 1 aromatic rings. The Kier molecular flexibility index (Phi) is 4.23. The number of nitrogens with one attached hydrogen (secondary N) is 1. The van der Waals surface area contributed by atoms with Gasteiger partial charge in [0.2, 0.25) is 0 Å². The summed E-state index contributed by atoms with van der Waals surface area (Å²) < 4.78 is 7.12. The molecule has 0 saturated carbocycles. The zero-order valence-corrected chi connectivity index (χ0v) is 12.2. The molecule has 0 spiro atoms. The van der Waals surface area contributed by atoms with Crippen molar-refractivity contribution in [3.05, 3.63) is 34.3 Å². The van der Waals surface area contributed by atoms with Gasteiger partial charge in [-0.25, -0.2) is 0 Å². The number of rotatable bonds is 2. The molecule has 1 N–H and O–H groups in total. The second-order valence-corrected chi connectivity index (χ2v) is 6.03. The van der Waals surface area contributed by atoms with Crippen LogP contribution in [0.15, 0.2) is 28.7 Å². The second-order valence-electron chi connectivity index (χ2n) is 5.11. The van der Waals surface area contributed by atoms with Crippen LogP contribution in [0, 0.1) is 5.92 Å². The van der Waals surface area contributed by atoms with Gasteiger partial charge in [-0.05, 0) is 30.5 Å². The molecule has 2 rings (SSSR count). The van der Waals surface area contributed by atoms with E-state index in [1.807, 2.05) is 0 Å². The summed E-state index contributed by atoms with van der Waals surface area (Å²) in [5.74, 6) is 0.614. The van der Waals surface area contributed by atoms with Crippen LogP contribution in [0.5, 0.6) is 0 Å². The lowest BCUT2D eigenvalue weighted by Gasteiger charge is -2.37. The molecule has 1 aliphatic rings. The van der Waals surface area contributed by atoms with Crippen molar-refractivity contribution < 1.29 is 4.74 Å². The van der Waals surface area contributed by atoms with Gasteiger partial charge >= 0.3 is 0 Å². The van der Waals surface area contributed by atoms with E-state index in [0.29, 0.717) is 18.0 Å². The van der Waals surface area contributed by atoms with Gasteiger partial charge in [0, 0.05) is 16.6 Å². The number of benzene rings is 1. The normalized spacial score (nSPS) is 29.6. The van der Waals surface area contributed by atoms with E-state index < -0.39 is 0 Å². The van der Waals surface area contributed by atoms with Crippen molar-refractivity contribution in [1.82, 2.24) is 5.32 Å². The number of morpholine rings is 1. The molecule has 0 radical (unpaired) electrons. The van der Waals surface area contributed by atoms with Crippen LogP contribution in [0.4, 0.5) is 0 Å². The lowest BCUT2D eigenvalue weighted by molar-refractivity contribution is -0.0339. The fraction of sp³-hybridized carbons (Fsp3) is 0.571. The molecule has 3 unspecified atom stereocenters. The first-order chi connectivity index (χ1) is 8.08. The van der Waals surface area contributed by atoms with Gasteiger partial charge in [-0.2, -0.15) is 0 Å². The number of halogens is 1. The molecular weight excluding hydrogens is 278 g/mol. The first-order valence-corrected chi connectivity index (χ1v) is 7.00. The number of ether oxygens (including phenoxy) is 1. The van der Waals surface area contributed by atoms with E-state index in [1.165, 1.54) is 5.56 Å². The first kappa shape index (κ1) is 13.1. The Morgan fingerprint density at radius 2 is 1.94 bits per heavy atom. The third kappa shape index (κ3) is 3.09. The molecule has 0 bridgehead atoms. The summed E-state index contributed by atoms with van der Waals surface area (Å²) in [4.78, 5) is 0. The first-order valence-electron chi connectivity index (χ1n) is 6.21. The highest BCUT2D eigenvalue weighted by Gasteiger charge is 2.29. The van der Waals surface area contributed by atoms with Gasteiger partial charge in [-0.15, -0.1) is 0 Å². The minimum absolute atomic E-state index is 0.165. The predicted molar refractivity (Wildman–Crippen MR) is 74.1 cm³/mol. The summed E-state index contributed by atoms with van der Waals surface area (Å²) in [5.41, 5.74) is 1.25. The van der Waals surface area contributed by atoms with E-state index in [4.69, 9.17) is 4.74 Å². The summed E-state index contributed by atoms with van der Waals surface area (Å²) in [7, 11) is 0. The largest absolute Gasteiger partial charge is 0.370 e. The monoisotopic (exact) mass is 297 g/mol. The van der Waals surface area contributed by atoms with Gasteiger partial charge in [0.25, 0.3) is 0 Å². The Balaban J connectivity index is 2.06. The molecule has 17 heavy (non-hydrogen) atoms. The van der Waals surface area contributed by atoms with Gasteiger partial charge in [-0.1, -0.05) is 41.9 Å². The second kappa shape index (κ2) is 5.51. The van der Waals surface area contributed by atoms with E-state index in [2.05, 4.69) is 66.3 Å². The molecular formula is C14H20BrNO. The molecule has 1 saturated heterocycles. The lowest BCUT2D eigenvalue weighted by Crippen LogP contribution is -2.51. The van der Waals surface area contributed by atoms with Crippen molar-refractivity contribution in [2.45, 2.75) is 39.0 Å². The molecule has 1 aliphatic heterocycles. The van der Waals surface area contributed by atoms with Gasteiger partial charge in [0.15, 0.2) is 0 Å². The van der Waals surface area contributed by atoms with Crippen molar-refractivity contribution >= 4 is 15.9 Å². The third-order valence-electron chi connectivity index (χ3n) is 3.39. The molecule has 1 aromatic carbocycles. The van der Waals surface area contributed by atoms with Crippen LogP contribution >= 0.6 is 15.9 Å². The summed E-state index contributed by atoms with van der Waals surface area (Å²) >= 11 is 3.46. The maximum atomic E-state index is 6.01. The van der Waals surface area contributed by atoms with Crippen LogP contribution in [0.3, 0.4) is 0 Å². The molecule has 2 nitrogen and oxygen atoms in total. The predicted octanol–water partition coefficient (Wildman–Crippen LogP) is 3.52. The molecule has 0 aromatic heterocycles. The lowest BCUT2D eigenvalue weighted by atomic mass is 9.97. The Bertz CT molecular complexity index is 363. The van der Waals surface area contributed by atoms with Crippen LogP contribution < -0.4 is 5.32 Å². The quantitative estimate of drug-likeness (QED) is 0.902. The highest BCUT2D eigenvalue weighted by Crippen LogP contribution is 2.27. The minimum atomic E-state index is 0.165. The average Bonchev–Trinajstić information content (AvgIpc) is 2.30. The Labute approximate surface area is 112 Å². The molecule has 3 heteroatoms.